The molecular formula is C25H29N5O2. The number of likely N-dealkylation sites (tertiary alicyclic amines) is 1. The van der Waals surface area contributed by atoms with Crippen LogP contribution in [0.25, 0.3) is 0 Å². The molecule has 0 bridgehead atoms. The number of terminal acetylenes is 1. The van der Waals surface area contributed by atoms with Gasteiger partial charge in [0, 0.05) is 45.2 Å². The van der Waals surface area contributed by atoms with Gasteiger partial charge in [0.2, 0.25) is 11.8 Å². The van der Waals surface area contributed by atoms with Crippen LogP contribution in [0, 0.1) is 24.2 Å². The highest BCUT2D eigenvalue weighted by Crippen LogP contribution is 2.28. The van der Waals surface area contributed by atoms with Crippen molar-refractivity contribution in [2.24, 2.45) is 11.8 Å². The lowest BCUT2D eigenvalue weighted by Gasteiger charge is -2.32. The maximum Gasteiger partial charge on any atom is 0.238 e. The molecule has 2 amide bonds. The zero-order chi connectivity index (χ0) is 22.3. The lowest BCUT2D eigenvalue weighted by molar-refractivity contribution is -0.132. The SMILES string of the molecule is C#CCCC(=O)N1CCC(Cc2ccc(N(C(=O)C3CNC3)c3cccnn3)cc2)CC1. The molecule has 166 valence electrons. The summed E-state index contributed by atoms with van der Waals surface area (Å²) >= 11 is 0. The van der Waals surface area contributed by atoms with Crippen LogP contribution in [0.1, 0.15) is 31.2 Å². The van der Waals surface area contributed by atoms with Crippen LogP contribution < -0.4 is 10.2 Å². The smallest absolute Gasteiger partial charge is 0.238 e. The van der Waals surface area contributed by atoms with Crippen molar-refractivity contribution in [3.05, 3.63) is 48.2 Å². The number of rotatable bonds is 7. The highest BCUT2D eigenvalue weighted by molar-refractivity contribution is 6.01. The van der Waals surface area contributed by atoms with Crippen LogP contribution in [-0.2, 0) is 16.0 Å². The Labute approximate surface area is 189 Å². The van der Waals surface area contributed by atoms with Gasteiger partial charge in [-0.3, -0.25) is 14.5 Å². The molecular weight excluding hydrogens is 402 g/mol. The predicted molar refractivity (Wildman–Crippen MR) is 123 cm³/mol. The van der Waals surface area contributed by atoms with Crippen molar-refractivity contribution in [3.8, 4) is 12.3 Å². The number of nitrogens with zero attached hydrogens (tertiary/aromatic N) is 4. The second-order valence-corrected chi connectivity index (χ2v) is 8.51. The van der Waals surface area contributed by atoms with Crippen molar-refractivity contribution in [1.29, 1.82) is 0 Å². The van der Waals surface area contributed by atoms with Gasteiger partial charge < -0.3 is 10.2 Å². The van der Waals surface area contributed by atoms with Crippen LogP contribution in [0.3, 0.4) is 0 Å². The van der Waals surface area contributed by atoms with Crippen molar-refractivity contribution in [2.75, 3.05) is 31.1 Å². The number of anilines is 2. The molecule has 2 aliphatic rings. The lowest BCUT2D eigenvalue weighted by atomic mass is 9.90. The molecule has 1 aromatic heterocycles. The lowest BCUT2D eigenvalue weighted by Crippen LogP contribution is -2.51. The summed E-state index contributed by atoms with van der Waals surface area (Å²) in [5.41, 5.74) is 2.04. The van der Waals surface area contributed by atoms with Gasteiger partial charge in [0.25, 0.3) is 0 Å². The average Bonchev–Trinajstić information content (AvgIpc) is 2.79. The van der Waals surface area contributed by atoms with Crippen molar-refractivity contribution in [2.45, 2.75) is 32.1 Å². The van der Waals surface area contributed by atoms with Gasteiger partial charge in [0.05, 0.1) is 11.6 Å². The van der Waals surface area contributed by atoms with Crippen molar-refractivity contribution < 1.29 is 9.59 Å². The summed E-state index contributed by atoms with van der Waals surface area (Å²) in [4.78, 5) is 28.8. The summed E-state index contributed by atoms with van der Waals surface area (Å²) in [5.74, 6) is 3.80. The Morgan fingerprint density at radius 1 is 1.16 bits per heavy atom. The Morgan fingerprint density at radius 2 is 1.91 bits per heavy atom. The Hall–Kier alpha value is -3.24. The van der Waals surface area contributed by atoms with Gasteiger partial charge in [0.1, 0.15) is 0 Å². The Bertz CT molecular complexity index is 958. The average molecular weight is 432 g/mol. The molecule has 0 radical (unpaired) electrons. The first-order valence-corrected chi connectivity index (χ1v) is 11.3. The van der Waals surface area contributed by atoms with Crippen LogP contribution >= 0.6 is 0 Å². The quantitative estimate of drug-likeness (QED) is 0.682. The fraction of sp³-hybridized carbons (Fsp3) is 0.440. The third-order valence-electron chi connectivity index (χ3n) is 6.31. The van der Waals surface area contributed by atoms with E-state index in [9.17, 15) is 9.59 Å². The maximum atomic E-state index is 13.1. The van der Waals surface area contributed by atoms with Gasteiger partial charge in [-0.25, -0.2) is 0 Å². The molecule has 0 aliphatic carbocycles. The second-order valence-electron chi connectivity index (χ2n) is 8.51. The molecule has 3 heterocycles. The fourth-order valence-corrected chi connectivity index (χ4v) is 4.27. The number of piperidine rings is 1. The molecule has 2 aromatic rings. The number of amides is 2. The predicted octanol–water partition coefficient (Wildman–Crippen LogP) is 2.56. The highest BCUT2D eigenvalue weighted by atomic mass is 16.2. The first-order valence-electron chi connectivity index (χ1n) is 11.3. The molecule has 2 saturated heterocycles. The monoisotopic (exact) mass is 431 g/mol. The van der Waals surface area contributed by atoms with E-state index in [0.29, 0.717) is 37.7 Å². The van der Waals surface area contributed by atoms with E-state index in [-0.39, 0.29) is 17.7 Å². The molecule has 1 aromatic carbocycles. The van der Waals surface area contributed by atoms with E-state index in [1.165, 1.54) is 5.56 Å². The number of hydrogen-bond donors (Lipinski definition) is 1. The van der Waals surface area contributed by atoms with E-state index in [1.807, 2.05) is 23.1 Å². The minimum Gasteiger partial charge on any atom is -0.343 e. The first-order chi connectivity index (χ1) is 15.7. The number of aromatic nitrogens is 2. The van der Waals surface area contributed by atoms with E-state index in [1.54, 1.807) is 17.2 Å². The molecule has 2 fully saturated rings. The van der Waals surface area contributed by atoms with Crippen LogP contribution in [0.5, 0.6) is 0 Å². The molecule has 0 saturated carbocycles. The Kier molecular flexibility index (Phi) is 7.13. The number of carbonyl (C=O) groups excluding carboxylic acids is 2. The molecule has 2 aliphatic heterocycles. The summed E-state index contributed by atoms with van der Waals surface area (Å²) in [7, 11) is 0. The van der Waals surface area contributed by atoms with Crippen molar-refractivity contribution in [1.82, 2.24) is 20.4 Å². The van der Waals surface area contributed by atoms with Gasteiger partial charge in [-0.05, 0) is 55.0 Å². The highest BCUT2D eigenvalue weighted by Gasteiger charge is 2.32. The minimum atomic E-state index is -0.0368. The van der Waals surface area contributed by atoms with Gasteiger partial charge in [-0.1, -0.05) is 12.1 Å². The maximum absolute atomic E-state index is 13.1. The number of hydrogen-bond acceptors (Lipinski definition) is 5. The molecule has 4 rings (SSSR count). The molecule has 7 heteroatoms. The zero-order valence-electron chi connectivity index (χ0n) is 18.2. The molecule has 0 spiro atoms. The molecule has 7 nitrogen and oxygen atoms in total. The van der Waals surface area contributed by atoms with Gasteiger partial charge in [0.15, 0.2) is 5.82 Å². The summed E-state index contributed by atoms with van der Waals surface area (Å²) in [6, 6.07) is 11.8. The first kappa shape index (κ1) is 22.0. The van der Waals surface area contributed by atoms with E-state index >= 15 is 0 Å². The standard InChI is InChI=1S/C25H29N5O2/c1-2-3-6-24(31)29-14-11-20(12-15-29)16-19-7-9-22(10-8-19)30(23-5-4-13-27-28-23)25(32)21-17-26-18-21/h1,4-5,7-10,13,20-21,26H,3,6,11-12,14-18H2. The third-order valence-corrected chi connectivity index (χ3v) is 6.31. The number of nitrogens with one attached hydrogen (secondary N) is 1. The van der Waals surface area contributed by atoms with Gasteiger partial charge in [-0.15, -0.1) is 17.4 Å². The minimum absolute atomic E-state index is 0.0368. The summed E-state index contributed by atoms with van der Waals surface area (Å²) in [6.45, 7) is 2.99. The van der Waals surface area contributed by atoms with Crippen LogP contribution in [-0.4, -0.2) is 53.1 Å². The molecule has 1 N–H and O–H groups in total. The van der Waals surface area contributed by atoms with E-state index in [0.717, 1.165) is 38.0 Å². The Morgan fingerprint density at radius 3 is 2.50 bits per heavy atom. The second kappa shape index (κ2) is 10.4. The fourth-order valence-electron chi connectivity index (χ4n) is 4.27. The van der Waals surface area contributed by atoms with Crippen molar-refractivity contribution >= 4 is 23.3 Å². The number of benzene rings is 1. The Balaban J connectivity index is 1.38. The molecule has 0 unspecified atom stereocenters. The zero-order valence-corrected chi connectivity index (χ0v) is 18.2. The van der Waals surface area contributed by atoms with Crippen LogP contribution in [0.2, 0.25) is 0 Å². The van der Waals surface area contributed by atoms with E-state index in [4.69, 9.17) is 6.42 Å². The van der Waals surface area contributed by atoms with Crippen LogP contribution in [0.15, 0.2) is 42.6 Å². The van der Waals surface area contributed by atoms with Gasteiger partial charge >= 0.3 is 0 Å². The largest absolute Gasteiger partial charge is 0.343 e. The molecule has 0 atom stereocenters. The van der Waals surface area contributed by atoms with Crippen molar-refractivity contribution in [3.63, 3.8) is 0 Å². The number of carbonyl (C=O) groups is 2. The third kappa shape index (κ3) is 5.14. The molecule has 32 heavy (non-hydrogen) atoms. The van der Waals surface area contributed by atoms with E-state index < -0.39 is 0 Å². The van der Waals surface area contributed by atoms with Gasteiger partial charge in [-0.2, -0.15) is 5.10 Å². The normalized spacial score (nSPS) is 16.8. The summed E-state index contributed by atoms with van der Waals surface area (Å²) < 4.78 is 0. The van der Waals surface area contributed by atoms with Crippen LogP contribution in [0.4, 0.5) is 11.5 Å². The summed E-state index contributed by atoms with van der Waals surface area (Å²) in [5, 5.41) is 11.3. The van der Waals surface area contributed by atoms with E-state index in [2.05, 4.69) is 33.6 Å². The summed E-state index contributed by atoms with van der Waals surface area (Å²) in [6.07, 6.45) is 10.8. The topological polar surface area (TPSA) is 78.4 Å².